The van der Waals surface area contributed by atoms with Gasteiger partial charge in [-0.1, -0.05) is 45.9 Å². The van der Waals surface area contributed by atoms with Crippen LogP contribution in [0.5, 0.6) is 0 Å². The predicted molar refractivity (Wildman–Crippen MR) is 92.9 cm³/mol. The molecule has 1 nitrogen and oxygen atoms in total. The lowest BCUT2D eigenvalue weighted by Crippen LogP contribution is -2.47. The Bertz CT molecular complexity index is 480. The fourth-order valence-electron chi connectivity index (χ4n) is 4.65. The van der Waals surface area contributed by atoms with Gasteiger partial charge in [-0.15, -0.1) is 6.58 Å². The Labute approximate surface area is 131 Å². The van der Waals surface area contributed by atoms with Crippen molar-refractivity contribution >= 4 is 0 Å². The van der Waals surface area contributed by atoms with Gasteiger partial charge in [0.1, 0.15) is 0 Å². The van der Waals surface area contributed by atoms with Gasteiger partial charge in [0, 0.05) is 23.7 Å². The first-order valence-corrected chi connectivity index (χ1v) is 8.68. The fourth-order valence-corrected chi connectivity index (χ4v) is 4.65. The molecule has 1 heteroatoms. The molecule has 2 atom stereocenters. The average Bonchev–Trinajstić information content (AvgIpc) is 3.10. The molecule has 0 saturated carbocycles. The fraction of sp³-hybridized carbons (Fsp3) is 0.600. The van der Waals surface area contributed by atoms with E-state index in [9.17, 15) is 0 Å². The maximum atomic E-state index is 4.07. The molecule has 1 aliphatic carbocycles. The molecule has 21 heavy (non-hydrogen) atoms. The summed E-state index contributed by atoms with van der Waals surface area (Å²) in [7, 11) is 0. The first-order valence-electron chi connectivity index (χ1n) is 8.68. The van der Waals surface area contributed by atoms with Gasteiger partial charge in [0.05, 0.1) is 5.54 Å². The van der Waals surface area contributed by atoms with Crippen molar-refractivity contribution in [2.75, 3.05) is 0 Å². The molecule has 0 bridgehead atoms. The Morgan fingerprint density at radius 3 is 2.48 bits per heavy atom. The van der Waals surface area contributed by atoms with Gasteiger partial charge in [0.15, 0.2) is 0 Å². The molecule has 0 aromatic rings. The van der Waals surface area contributed by atoms with Gasteiger partial charge in [0.25, 0.3) is 0 Å². The van der Waals surface area contributed by atoms with E-state index in [1.165, 1.54) is 25.0 Å². The van der Waals surface area contributed by atoms with E-state index in [2.05, 4.69) is 63.5 Å². The maximum Gasteiger partial charge on any atom is 0.0542 e. The van der Waals surface area contributed by atoms with Gasteiger partial charge in [-0.3, -0.25) is 0 Å². The molecule has 2 unspecified atom stereocenters. The monoisotopic (exact) mass is 285 g/mol. The summed E-state index contributed by atoms with van der Waals surface area (Å²) in [6.45, 7) is 13.4. The summed E-state index contributed by atoms with van der Waals surface area (Å²) in [6, 6.07) is 0. The minimum absolute atomic E-state index is 0.213. The molecule has 2 rings (SSSR count). The molecule has 0 aromatic heterocycles. The maximum absolute atomic E-state index is 4.07. The summed E-state index contributed by atoms with van der Waals surface area (Å²) in [5, 5.41) is 0. The molecule has 0 fully saturated rings. The van der Waals surface area contributed by atoms with Crippen LogP contribution in [0.4, 0.5) is 0 Å². The summed E-state index contributed by atoms with van der Waals surface area (Å²) >= 11 is 0. The van der Waals surface area contributed by atoms with Crippen molar-refractivity contribution < 1.29 is 0 Å². The van der Waals surface area contributed by atoms with Gasteiger partial charge < -0.3 is 4.90 Å². The topological polar surface area (TPSA) is 3.24 Å². The van der Waals surface area contributed by atoms with E-state index in [1.54, 1.807) is 11.3 Å². The second kappa shape index (κ2) is 6.68. The molecule has 0 aromatic carbocycles. The van der Waals surface area contributed by atoms with Crippen LogP contribution in [0.15, 0.2) is 47.9 Å². The van der Waals surface area contributed by atoms with Crippen LogP contribution in [0.25, 0.3) is 0 Å². The summed E-state index contributed by atoms with van der Waals surface area (Å²) < 4.78 is 0. The van der Waals surface area contributed by atoms with Crippen molar-refractivity contribution in [2.24, 2.45) is 5.92 Å². The van der Waals surface area contributed by atoms with E-state index in [0.29, 0.717) is 5.92 Å². The molecule has 0 N–H and O–H groups in total. The third-order valence-electron chi connectivity index (χ3n) is 5.43. The molecule has 2 aliphatic rings. The quantitative estimate of drug-likeness (QED) is 0.521. The van der Waals surface area contributed by atoms with Crippen LogP contribution in [0, 0.1) is 5.92 Å². The van der Waals surface area contributed by atoms with Crippen LogP contribution >= 0.6 is 0 Å². The van der Waals surface area contributed by atoms with E-state index in [4.69, 9.17) is 0 Å². The molecule has 0 amide bonds. The Morgan fingerprint density at radius 1 is 1.29 bits per heavy atom. The largest absolute Gasteiger partial charge is 0.341 e. The SMILES string of the molecule is C=CCC1(CC)C(CC)C(CC)=C(CC)N1C1=CC=CC1. The van der Waals surface area contributed by atoms with Crippen LogP contribution in [0.1, 0.15) is 66.2 Å². The summed E-state index contributed by atoms with van der Waals surface area (Å²) in [6.07, 6.45) is 15.8. The van der Waals surface area contributed by atoms with Gasteiger partial charge in [-0.25, -0.2) is 0 Å². The van der Waals surface area contributed by atoms with Crippen LogP contribution in [0.2, 0.25) is 0 Å². The minimum atomic E-state index is 0.213. The zero-order valence-corrected chi connectivity index (χ0v) is 14.3. The van der Waals surface area contributed by atoms with E-state index in [0.717, 1.165) is 19.3 Å². The van der Waals surface area contributed by atoms with Crippen LogP contribution in [0.3, 0.4) is 0 Å². The number of hydrogen-bond donors (Lipinski definition) is 0. The summed E-state index contributed by atoms with van der Waals surface area (Å²) in [5.74, 6) is 0.668. The first kappa shape index (κ1) is 16.1. The molecular formula is C20H31N. The predicted octanol–water partition coefficient (Wildman–Crippen LogP) is 5.97. The summed E-state index contributed by atoms with van der Waals surface area (Å²) in [5.41, 5.74) is 4.97. The van der Waals surface area contributed by atoms with E-state index in [1.807, 2.05) is 0 Å². The number of nitrogens with zero attached hydrogens (tertiary/aromatic N) is 1. The van der Waals surface area contributed by atoms with Crippen molar-refractivity contribution in [3.8, 4) is 0 Å². The number of rotatable bonds is 7. The molecule has 0 radical (unpaired) electrons. The van der Waals surface area contributed by atoms with Crippen molar-refractivity contribution in [2.45, 2.75) is 71.8 Å². The van der Waals surface area contributed by atoms with E-state index >= 15 is 0 Å². The molecule has 1 aliphatic heterocycles. The molecule has 116 valence electrons. The van der Waals surface area contributed by atoms with Gasteiger partial charge >= 0.3 is 0 Å². The molecule has 1 heterocycles. The Morgan fingerprint density at radius 2 is 2.05 bits per heavy atom. The highest BCUT2D eigenvalue weighted by Gasteiger charge is 2.49. The van der Waals surface area contributed by atoms with Crippen LogP contribution in [-0.2, 0) is 0 Å². The van der Waals surface area contributed by atoms with E-state index < -0.39 is 0 Å². The first-order chi connectivity index (χ1) is 10.2. The van der Waals surface area contributed by atoms with Crippen LogP contribution in [-0.4, -0.2) is 10.4 Å². The standard InChI is InChI=1S/C20H31N/c1-6-15-20(10-5)18(8-3)17(7-2)19(9-4)21(20)16-13-11-12-14-16/h6,11-13,18H,1,7-10,14-15H2,2-5H3. The lowest BCUT2D eigenvalue weighted by molar-refractivity contribution is 0.130. The highest BCUT2D eigenvalue weighted by Crippen LogP contribution is 2.52. The second-order valence-electron chi connectivity index (χ2n) is 6.22. The molecule has 0 spiro atoms. The van der Waals surface area contributed by atoms with Gasteiger partial charge in [-0.2, -0.15) is 0 Å². The zero-order chi connectivity index (χ0) is 15.5. The lowest BCUT2D eigenvalue weighted by Gasteiger charge is -2.45. The van der Waals surface area contributed by atoms with E-state index in [-0.39, 0.29) is 5.54 Å². The summed E-state index contributed by atoms with van der Waals surface area (Å²) in [4.78, 5) is 2.71. The minimum Gasteiger partial charge on any atom is -0.341 e. The third-order valence-corrected chi connectivity index (χ3v) is 5.43. The molecular weight excluding hydrogens is 254 g/mol. The van der Waals surface area contributed by atoms with Crippen molar-refractivity contribution in [3.63, 3.8) is 0 Å². The normalized spacial score (nSPS) is 28.5. The van der Waals surface area contributed by atoms with Crippen molar-refractivity contribution in [1.29, 1.82) is 0 Å². The third kappa shape index (κ3) is 2.41. The van der Waals surface area contributed by atoms with Gasteiger partial charge in [-0.05, 0) is 43.8 Å². The zero-order valence-electron chi connectivity index (χ0n) is 14.3. The number of hydrogen-bond acceptors (Lipinski definition) is 1. The smallest absolute Gasteiger partial charge is 0.0542 e. The number of allylic oxidation sites excluding steroid dienone is 4. The highest BCUT2D eigenvalue weighted by atomic mass is 15.3. The highest BCUT2D eigenvalue weighted by molar-refractivity contribution is 5.38. The van der Waals surface area contributed by atoms with Crippen LogP contribution < -0.4 is 0 Å². The Balaban J connectivity index is 2.57. The average molecular weight is 285 g/mol. The van der Waals surface area contributed by atoms with Gasteiger partial charge in [0.2, 0.25) is 0 Å². The Hall–Kier alpha value is -1.24. The molecule has 0 saturated heterocycles. The second-order valence-corrected chi connectivity index (χ2v) is 6.22. The van der Waals surface area contributed by atoms with Crippen molar-refractivity contribution in [3.05, 3.63) is 47.9 Å². The lowest BCUT2D eigenvalue weighted by atomic mass is 9.74. The Kier molecular flexibility index (Phi) is 5.13. The van der Waals surface area contributed by atoms with Crippen molar-refractivity contribution in [1.82, 2.24) is 4.90 Å².